The molecule has 14 heavy (non-hydrogen) atoms. The molecule has 0 bridgehead atoms. The smallest absolute Gasteiger partial charge is 0.0603 e. The normalized spacial score (nSPS) is 10.5. The number of rotatable bonds is 5. The number of thioether (sulfide) groups is 1. The van der Waals surface area contributed by atoms with Crippen LogP contribution in [-0.4, -0.2) is 11.6 Å². The van der Waals surface area contributed by atoms with Crippen LogP contribution in [0.2, 0.25) is 10.0 Å². The zero-order chi connectivity index (χ0) is 10.4. The van der Waals surface area contributed by atoms with Crippen molar-refractivity contribution in [1.29, 1.82) is 0 Å². The van der Waals surface area contributed by atoms with Crippen LogP contribution < -0.4 is 0 Å². The lowest BCUT2D eigenvalue weighted by Crippen LogP contribution is -1.82. The summed E-state index contributed by atoms with van der Waals surface area (Å²) >= 11 is 19.1. The van der Waals surface area contributed by atoms with E-state index in [-0.39, 0.29) is 0 Å². The Morgan fingerprint density at radius 2 is 1.86 bits per heavy atom. The van der Waals surface area contributed by atoms with Gasteiger partial charge in [0.05, 0.1) is 10.0 Å². The molecule has 0 N–H and O–H groups in total. The van der Waals surface area contributed by atoms with Crippen LogP contribution in [-0.2, 0) is 0 Å². The molecule has 0 radical (unpaired) electrons. The molecule has 0 fully saturated rings. The highest BCUT2D eigenvalue weighted by molar-refractivity contribution is 7.99. The molecule has 0 atom stereocenters. The number of hydrogen-bond donors (Lipinski definition) is 0. The molecular formula is C10H11Cl3S. The summed E-state index contributed by atoms with van der Waals surface area (Å²) in [7, 11) is 0. The van der Waals surface area contributed by atoms with Crippen molar-refractivity contribution in [3.05, 3.63) is 28.2 Å². The fourth-order valence-electron chi connectivity index (χ4n) is 0.953. The van der Waals surface area contributed by atoms with Crippen LogP contribution >= 0.6 is 46.6 Å². The van der Waals surface area contributed by atoms with Gasteiger partial charge < -0.3 is 0 Å². The van der Waals surface area contributed by atoms with Crippen molar-refractivity contribution in [2.45, 2.75) is 17.7 Å². The Labute approximate surface area is 104 Å². The third-order valence-electron chi connectivity index (χ3n) is 1.69. The molecule has 0 heterocycles. The predicted molar refractivity (Wildman–Crippen MR) is 67.1 cm³/mol. The lowest BCUT2D eigenvalue weighted by atomic mass is 10.4. The molecule has 1 rings (SSSR count). The standard InChI is InChI=1S/C10H11Cl3S/c11-5-1-2-6-14-8-3-4-9(12)10(13)7-8/h3-4,7H,1-2,5-6H2. The lowest BCUT2D eigenvalue weighted by Gasteiger charge is -2.02. The Morgan fingerprint density at radius 3 is 2.50 bits per heavy atom. The molecule has 0 saturated carbocycles. The first kappa shape index (κ1) is 12.5. The topological polar surface area (TPSA) is 0 Å². The fraction of sp³-hybridized carbons (Fsp3) is 0.400. The summed E-state index contributed by atoms with van der Waals surface area (Å²) in [6.45, 7) is 0. The minimum atomic E-state index is 0.608. The predicted octanol–water partition coefficient (Wildman–Crippen LogP) is 5.10. The molecule has 0 spiro atoms. The summed E-state index contributed by atoms with van der Waals surface area (Å²) in [5.74, 6) is 1.81. The minimum absolute atomic E-state index is 0.608. The fourth-order valence-corrected chi connectivity index (χ4v) is 2.45. The Kier molecular flexibility index (Phi) is 6.11. The second kappa shape index (κ2) is 6.84. The van der Waals surface area contributed by atoms with Gasteiger partial charge in [0.1, 0.15) is 0 Å². The van der Waals surface area contributed by atoms with Crippen LogP contribution in [0.25, 0.3) is 0 Å². The third-order valence-corrected chi connectivity index (χ3v) is 3.77. The van der Waals surface area contributed by atoms with Crippen LogP contribution in [0, 0.1) is 0 Å². The highest BCUT2D eigenvalue weighted by atomic mass is 35.5. The van der Waals surface area contributed by atoms with Gasteiger partial charge in [0.15, 0.2) is 0 Å². The van der Waals surface area contributed by atoms with Crippen molar-refractivity contribution in [1.82, 2.24) is 0 Å². The van der Waals surface area contributed by atoms with Crippen molar-refractivity contribution in [3.8, 4) is 0 Å². The zero-order valence-corrected chi connectivity index (χ0v) is 10.7. The van der Waals surface area contributed by atoms with Gasteiger partial charge in [-0.2, -0.15) is 0 Å². The Morgan fingerprint density at radius 1 is 1.07 bits per heavy atom. The van der Waals surface area contributed by atoms with E-state index < -0.39 is 0 Å². The van der Waals surface area contributed by atoms with Gasteiger partial charge in [0, 0.05) is 10.8 Å². The van der Waals surface area contributed by atoms with E-state index in [1.165, 1.54) is 0 Å². The molecule has 78 valence electrons. The van der Waals surface area contributed by atoms with Gasteiger partial charge in [-0.1, -0.05) is 23.2 Å². The number of alkyl halides is 1. The molecule has 0 aliphatic carbocycles. The molecule has 0 aliphatic rings. The van der Waals surface area contributed by atoms with Crippen LogP contribution in [0.4, 0.5) is 0 Å². The molecule has 1 aromatic carbocycles. The minimum Gasteiger partial charge on any atom is -0.127 e. The van der Waals surface area contributed by atoms with Crippen molar-refractivity contribution >= 4 is 46.6 Å². The maximum atomic E-state index is 5.89. The Balaban J connectivity index is 2.39. The van der Waals surface area contributed by atoms with Crippen molar-refractivity contribution in [2.24, 2.45) is 0 Å². The average molecular weight is 270 g/mol. The molecule has 0 saturated heterocycles. The van der Waals surface area contributed by atoms with Crippen LogP contribution in [0.3, 0.4) is 0 Å². The number of hydrogen-bond acceptors (Lipinski definition) is 1. The van der Waals surface area contributed by atoms with Gasteiger partial charge in [-0.05, 0) is 36.8 Å². The molecule has 1 aromatic rings. The Hall–Kier alpha value is 0.440. The molecule has 0 unspecified atom stereocenters. The molecule has 0 amide bonds. The van der Waals surface area contributed by atoms with Crippen molar-refractivity contribution < 1.29 is 0 Å². The van der Waals surface area contributed by atoms with Crippen LogP contribution in [0.1, 0.15) is 12.8 Å². The SMILES string of the molecule is ClCCCCSc1ccc(Cl)c(Cl)c1. The quantitative estimate of drug-likeness (QED) is 0.407. The number of benzene rings is 1. The molecular weight excluding hydrogens is 259 g/mol. The number of halogens is 3. The molecule has 0 nitrogen and oxygen atoms in total. The summed E-state index contributed by atoms with van der Waals surface area (Å²) in [4.78, 5) is 1.16. The maximum absolute atomic E-state index is 5.89. The van der Waals surface area contributed by atoms with E-state index in [4.69, 9.17) is 34.8 Å². The van der Waals surface area contributed by atoms with Crippen LogP contribution in [0.5, 0.6) is 0 Å². The lowest BCUT2D eigenvalue weighted by molar-refractivity contribution is 0.903. The monoisotopic (exact) mass is 268 g/mol. The summed E-state index contributed by atoms with van der Waals surface area (Å²) in [5, 5.41) is 1.23. The second-order valence-electron chi connectivity index (χ2n) is 2.82. The van der Waals surface area contributed by atoms with Gasteiger partial charge in [-0.25, -0.2) is 0 Å². The van der Waals surface area contributed by atoms with E-state index in [9.17, 15) is 0 Å². The second-order valence-corrected chi connectivity index (χ2v) is 5.18. The molecule has 0 aromatic heterocycles. The number of unbranched alkanes of at least 4 members (excludes halogenated alkanes) is 1. The first-order valence-corrected chi connectivity index (χ1v) is 6.65. The highest BCUT2D eigenvalue weighted by Gasteiger charge is 1.99. The van der Waals surface area contributed by atoms with E-state index in [0.29, 0.717) is 10.0 Å². The van der Waals surface area contributed by atoms with Gasteiger partial charge in [-0.3, -0.25) is 0 Å². The molecule has 0 aliphatic heterocycles. The summed E-state index contributed by atoms with van der Waals surface area (Å²) in [6.07, 6.45) is 2.20. The zero-order valence-electron chi connectivity index (χ0n) is 7.60. The van der Waals surface area contributed by atoms with E-state index in [1.54, 1.807) is 11.8 Å². The first-order valence-electron chi connectivity index (χ1n) is 4.38. The van der Waals surface area contributed by atoms with E-state index >= 15 is 0 Å². The van der Waals surface area contributed by atoms with Crippen molar-refractivity contribution in [3.63, 3.8) is 0 Å². The van der Waals surface area contributed by atoms with Crippen molar-refractivity contribution in [2.75, 3.05) is 11.6 Å². The van der Waals surface area contributed by atoms with Gasteiger partial charge in [0.25, 0.3) is 0 Å². The largest absolute Gasteiger partial charge is 0.127 e. The van der Waals surface area contributed by atoms with Gasteiger partial charge >= 0.3 is 0 Å². The summed E-state index contributed by atoms with van der Waals surface area (Å²) < 4.78 is 0. The van der Waals surface area contributed by atoms with Crippen LogP contribution in [0.15, 0.2) is 23.1 Å². The summed E-state index contributed by atoms with van der Waals surface area (Å²) in [6, 6.07) is 5.71. The maximum Gasteiger partial charge on any atom is 0.0603 e. The van der Waals surface area contributed by atoms with Gasteiger partial charge in [-0.15, -0.1) is 23.4 Å². The van der Waals surface area contributed by atoms with E-state index in [2.05, 4.69) is 0 Å². The molecule has 4 heteroatoms. The van der Waals surface area contributed by atoms with E-state index in [1.807, 2.05) is 18.2 Å². The summed E-state index contributed by atoms with van der Waals surface area (Å²) in [5.41, 5.74) is 0. The average Bonchev–Trinajstić information content (AvgIpc) is 2.18. The highest BCUT2D eigenvalue weighted by Crippen LogP contribution is 2.28. The first-order chi connectivity index (χ1) is 6.74. The Bertz CT molecular complexity index is 289. The van der Waals surface area contributed by atoms with Gasteiger partial charge in [0.2, 0.25) is 0 Å². The van der Waals surface area contributed by atoms with E-state index in [0.717, 1.165) is 29.4 Å². The third kappa shape index (κ3) is 4.31.